The van der Waals surface area contributed by atoms with Crippen LogP contribution in [0.1, 0.15) is 28.8 Å². The van der Waals surface area contributed by atoms with Gasteiger partial charge < -0.3 is 4.90 Å². The fraction of sp³-hybridized carbons (Fsp3) is 0.333. The Bertz CT molecular complexity index is 602. The summed E-state index contributed by atoms with van der Waals surface area (Å²) >= 11 is 5.79. The summed E-state index contributed by atoms with van der Waals surface area (Å²) in [6.45, 7) is 0.322. The summed E-state index contributed by atoms with van der Waals surface area (Å²) in [7, 11) is 0. The van der Waals surface area contributed by atoms with Gasteiger partial charge in [0.25, 0.3) is 5.91 Å². The SMILES string of the molecule is O=C1CCC(N2Cc3cc(Cl)ncc3C2=O)C(=O)N1. The second kappa shape index (κ2) is 4.31. The van der Waals surface area contributed by atoms with Gasteiger partial charge in [-0.25, -0.2) is 4.98 Å². The second-order valence-corrected chi connectivity index (χ2v) is 4.95. The van der Waals surface area contributed by atoms with Gasteiger partial charge in [0.2, 0.25) is 11.8 Å². The fourth-order valence-corrected chi connectivity index (χ4v) is 2.61. The lowest BCUT2D eigenvalue weighted by atomic mass is 10.0. The lowest BCUT2D eigenvalue weighted by molar-refractivity contribution is -0.136. The summed E-state index contributed by atoms with van der Waals surface area (Å²) < 4.78 is 0. The molecule has 3 amide bonds. The maximum atomic E-state index is 12.2. The van der Waals surface area contributed by atoms with E-state index in [1.807, 2.05) is 0 Å². The van der Waals surface area contributed by atoms with E-state index in [4.69, 9.17) is 11.6 Å². The smallest absolute Gasteiger partial charge is 0.256 e. The monoisotopic (exact) mass is 279 g/mol. The minimum atomic E-state index is -0.601. The van der Waals surface area contributed by atoms with E-state index in [-0.39, 0.29) is 18.2 Å². The van der Waals surface area contributed by atoms with Gasteiger partial charge in [0, 0.05) is 19.2 Å². The number of nitrogens with zero attached hydrogens (tertiary/aromatic N) is 2. The number of nitrogens with one attached hydrogen (secondary N) is 1. The summed E-state index contributed by atoms with van der Waals surface area (Å²) in [5.41, 5.74) is 1.23. The van der Waals surface area contributed by atoms with Crippen LogP contribution in [0.4, 0.5) is 0 Å². The van der Waals surface area contributed by atoms with Crippen LogP contribution in [-0.4, -0.2) is 33.6 Å². The number of carbonyl (C=O) groups excluding carboxylic acids is 3. The first-order valence-electron chi connectivity index (χ1n) is 5.85. The van der Waals surface area contributed by atoms with Gasteiger partial charge in [-0.15, -0.1) is 0 Å². The summed E-state index contributed by atoms with van der Waals surface area (Å²) in [5.74, 6) is -0.958. The molecule has 1 aromatic rings. The van der Waals surface area contributed by atoms with Gasteiger partial charge in [-0.3, -0.25) is 19.7 Å². The molecular weight excluding hydrogens is 270 g/mol. The minimum absolute atomic E-state index is 0.242. The summed E-state index contributed by atoms with van der Waals surface area (Å²) in [4.78, 5) is 40.5. The zero-order valence-corrected chi connectivity index (χ0v) is 10.6. The molecule has 1 aromatic heterocycles. The normalized spacial score (nSPS) is 22.5. The summed E-state index contributed by atoms with van der Waals surface area (Å²) in [6.07, 6.45) is 2.02. The molecule has 1 fully saturated rings. The third-order valence-corrected chi connectivity index (χ3v) is 3.58. The van der Waals surface area contributed by atoms with E-state index in [1.54, 1.807) is 6.07 Å². The maximum absolute atomic E-state index is 12.2. The van der Waals surface area contributed by atoms with Gasteiger partial charge >= 0.3 is 0 Å². The Balaban J connectivity index is 1.87. The standard InChI is InChI=1S/C12H10ClN3O3/c13-9-3-6-5-16(12(19)7(6)4-14-9)8-1-2-10(17)15-11(8)18/h3-4,8H,1-2,5H2,(H,15,17,18). The van der Waals surface area contributed by atoms with Crippen LogP contribution in [-0.2, 0) is 16.1 Å². The van der Waals surface area contributed by atoms with Gasteiger partial charge in [0.1, 0.15) is 11.2 Å². The molecule has 0 bridgehead atoms. The molecule has 1 unspecified atom stereocenters. The van der Waals surface area contributed by atoms with E-state index in [2.05, 4.69) is 10.3 Å². The molecule has 19 heavy (non-hydrogen) atoms. The maximum Gasteiger partial charge on any atom is 0.256 e. The first-order valence-corrected chi connectivity index (χ1v) is 6.23. The van der Waals surface area contributed by atoms with Crippen LogP contribution in [0.25, 0.3) is 0 Å². The molecule has 0 spiro atoms. The molecule has 0 aromatic carbocycles. The van der Waals surface area contributed by atoms with Crippen LogP contribution >= 0.6 is 11.6 Å². The molecule has 0 aliphatic carbocycles. The number of pyridine rings is 1. The molecule has 98 valence electrons. The molecular formula is C12H10ClN3O3. The van der Waals surface area contributed by atoms with Crippen LogP contribution in [0.3, 0.4) is 0 Å². The van der Waals surface area contributed by atoms with Crippen LogP contribution in [0.2, 0.25) is 5.15 Å². The van der Waals surface area contributed by atoms with Crippen molar-refractivity contribution in [1.29, 1.82) is 0 Å². The lowest BCUT2D eigenvalue weighted by Gasteiger charge is -2.29. The first-order chi connectivity index (χ1) is 9.06. The van der Waals surface area contributed by atoms with Crippen molar-refractivity contribution in [3.63, 3.8) is 0 Å². The Morgan fingerprint density at radius 1 is 1.37 bits per heavy atom. The van der Waals surface area contributed by atoms with Crippen LogP contribution in [0.5, 0.6) is 0 Å². The van der Waals surface area contributed by atoms with Crippen molar-refractivity contribution in [3.05, 3.63) is 28.5 Å². The Kier molecular flexibility index (Phi) is 2.74. The average Bonchev–Trinajstić information content (AvgIpc) is 2.66. The number of halogens is 1. The van der Waals surface area contributed by atoms with Crippen molar-refractivity contribution in [2.45, 2.75) is 25.4 Å². The van der Waals surface area contributed by atoms with Gasteiger partial charge in [-0.05, 0) is 18.1 Å². The highest BCUT2D eigenvalue weighted by Gasteiger charge is 2.39. The molecule has 2 aliphatic rings. The van der Waals surface area contributed by atoms with E-state index in [1.165, 1.54) is 11.1 Å². The summed E-state index contributed by atoms with van der Waals surface area (Å²) in [6, 6.07) is 1.03. The Morgan fingerprint density at radius 3 is 2.89 bits per heavy atom. The zero-order chi connectivity index (χ0) is 13.6. The highest BCUT2D eigenvalue weighted by atomic mass is 35.5. The highest BCUT2D eigenvalue weighted by Crippen LogP contribution is 2.28. The van der Waals surface area contributed by atoms with Gasteiger partial charge in [0.05, 0.1) is 5.56 Å². The largest absolute Gasteiger partial charge is 0.322 e. The van der Waals surface area contributed by atoms with Crippen molar-refractivity contribution in [1.82, 2.24) is 15.2 Å². The molecule has 2 aliphatic heterocycles. The zero-order valence-electron chi connectivity index (χ0n) is 9.85. The van der Waals surface area contributed by atoms with Crippen molar-refractivity contribution < 1.29 is 14.4 Å². The number of imide groups is 1. The molecule has 3 rings (SSSR count). The van der Waals surface area contributed by atoms with Crippen LogP contribution in [0, 0.1) is 0 Å². The Labute approximate surface area is 113 Å². The molecule has 6 nitrogen and oxygen atoms in total. The number of fused-ring (bicyclic) bond motifs is 1. The quantitative estimate of drug-likeness (QED) is 0.599. The topological polar surface area (TPSA) is 79.4 Å². The fourth-order valence-electron chi connectivity index (χ4n) is 2.43. The number of piperidine rings is 1. The van der Waals surface area contributed by atoms with E-state index in [0.717, 1.165) is 5.56 Å². The molecule has 1 saturated heterocycles. The predicted octanol–water partition coefficient (Wildman–Crippen LogP) is 0.496. The van der Waals surface area contributed by atoms with Crippen molar-refractivity contribution in [2.75, 3.05) is 0 Å². The average molecular weight is 280 g/mol. The number of hydrogen-bond acceptors (Lipinski definition) is 4. The summed E-state index contributed by atoms with van der Waals surface area (Å²) in [5, 5.41) is 2.57. The van der Waals surface area contributed by atoms with E-state index < -0.39 is 11.9 Å². The van der Waals surface area contributed by atoms with Crippen LogP contribution < -0.4 is 5.32 Å². The molecule has 1 N–H and O–H groups in total. The van der Waals surface area contributed by atoms with E-state index >= 15 is 0 Å². The van der Waals surface area contributed by atoms with E-state index in [9.17, 15) is 14.4 Å². The third-order valence-electron chi connectivity index (χ3n) is 3.37. The van der Waals surface area contributed by atoms with Crippen molar-refractivity contribution >= 4 is 29.3 Å². The van der Waals surface area contributed by atoms with Gasteiger partial charge in [-0.2, -0.15) is 0 Å². The Hall–Kier alpha value is -1.95. The molecule has 3 heterocycles. The molecule has 1 atom stereocenters. The Morgan fingerprint density at radius 2 is 2.16 bits per heavy atom. The van der Waals surface area contributed by atoms with Gasteiger partial charge in [0.15, 0.2) is 0 Å². The molecule has 0 radical (unpaired) electrons. The lowest BCUT2D eigenvalue weighted by Crippen LogP contribution is -2.52. The number of amides is 3. The number of carbonyl (C=O) groups is 3. The minimum Gasteiger partial charge on any atom is -0.322 e. The van der Waals surface area contributed by atoms with Crippen molar-refractivity contribution in [3.8, 4) is 0 Å². The number of rotatable bonds is 1. The number of hydrogen-bond donors (Lipinski definition) is 1. The van der Waals surface area contributed by atoms with Crippen LogP contribution in [0.15, 0.2) is 12.3 Å². The van der Waals surface area contributed by atoms with Gasteiger partial charge in [-0.1, -0.05) is 11.6 Å². The predicted molar refractivity (Wildman–Crippen MR) is 65.3 cm³/mol. The molecule has 0 saturated carbocycles. The second-order valence-electron chi connectivity index (χ2n) is 4.56. The van der Waals surface area contributed by atoms with Crippen molar-refractivity contribution in [2.24, 2.45) is 0 Å². The molecule has 7 heteroatoms. The first kappa shape index (κ1) is 12.1. The number of aromatic nitrogens is 1. The third kappa shape index (κ3) is 1.98. The highest BCUT2D eigenvalue weighted by molar-refractivity contribution is 6.29. The van der Waals surface area contributed by atoms with E-state index in [0.29, 0.717) is 23.7 Å².